The molecule has 1 aromatic heterocycles. The fraction of sp³-hybridized carbons (Fsp3) is 0.333. The minimum absolute atomic E-state index is 0.134. The van der Waals surface area contributed by atoms with E-state index in [2.05, 4.69) is 0 Å². The predicted molar refractivity (Wildman–Crippen MR) is 72.6 cm³/mol. The summed E-state index contributed by atoms with van der Waals surface area (Å²) in [4.78, 5) is 23.0. The number of hydrogen-bond acceptors (Lipinski definition) is 3. The lowest BCUT2D eigenvalue weighted by molar-refractivity contribution is -0.138. The Kier molecular flexibility index (Phi) is 3.42. The largest absolute Gasteiger partial charge is 0.481 e. The standard InChI is InChI=1S/C15H16O4/c1-8(2)14-7-12(16)11-6-10(9(3)15(17)18)4-5-13(11)19-14/h4-9H,1-3H3,(H,17,18). The number of benzene rings is 1. The highest BCUT2D eigenvalue weighted by Crippen LogP contribution is 2.23. The third-order valence-corrected chi connectivity index (χ3v) is 3.21. The average Bonchev–Trinajstić information content (AvgIpc) is 2.37. The van der Waals surface area contributed by atoms with Gasteiger partial charge in [0.25, 0.3) is 0 Å². The molecule has 1 atom stereocenters. The van der Waals surface area contributed by atoms with Gasteiger partial charge in [0.15, 0.2) is 5.43 Å². The predicted octanol–water partition coefficient (Wildman–Crippen LogP) is 3.10. The lowest BCUT2D eigenvalue weighted by Crippen LogP contribution is -2.09. The van der Waals surface area contributed by atoms with Crippen LogP contribution in [0.1, 0.15) is 43.9 Å². The first-order valence-electron chi connectivity index (χ1n) is 6.20. The Labute approximate surface area is 110 Å². The zero-order valence-electron chi connectivity index (χ0n) is 11.1. The highest BCUT2D eigenvalue weighted by molar-refractivity contribution is 5.81. The zero-order chi connectivity index (χ0) is 14.2. The van der Waals surface area contributed by atoms with Crippen molar-refractivity contribution >= 4 is 16.9 Å². The van der Waals surface area contributed by atoms with Crippen molar-refractivity contribution in [1.29, 1.82) is 0 Å². The fourth-order valence-electron chi connectivity index (χ4n) is 1.89. The van der Waals surface area contributed by atoms with Crippen molar-refractivity contribution in [3.05, 3.63) is 45.8 Å². The van der Waals surface area contributed by atoms with Crippen LogP contribution in [0.5, 0.6) is 0 Å². The molecule has 0 radical (unpaired) electrons. The lowest BCUT2D eigenvalue weighted by Gasteiger charge is -2.09. The lowest BCUT2D eigenvalue weighted by atomic mass is 9.99. The molecule has 0 saturated carbocycles. The number of carbonyl (C=O) groups is 1. The van der Waals surface area contributed by atoms with Crippen molar-refractivity contribution in [2.75, 3.05) is 0 Å². The van der Waals surface area contributed by atoms with Gasteiger partial charge in [-0.25, -0.2) is 0 Å². The summed E-state index contributed by atoms with van der Waals surface area (Å²) in [6.45, 7) is 5.49. The van der Waals surface area contributed by atoms with Crippen LogP contribution in [0, 0.1) is 0 Å². The molecular weight excluding hydrogens is 244 g/mol. The Morgan fingerprint density at radius 1 is 1.21 bits per heavy atom. The van der Waals surface area contributed by atoms with Crippen LogP contribution in [0.4, 0.5) is 0 Å². The Morgan fingerprint density at radius 3 is 2.47 bits per heavy atom. The number of hydrogen-bond donors (Lipinski definition) is 1. The summed E-state index contributed by atoms with van der Waals surface area (Å²) in [6.07, 6.45) is 0. The topological polar surface area (TPSA) is 67.5 Å². The molecule has 0 saturated heterocycles. The molecule has 0 spiro atoms. The van der Waals surface area contributed by atoms with Gasteiger partial charge in [0.05, 0.1) is 11.3 Å². The third-order valence-electron chi connectivity index (χ3n) is 3.21. The molecule has 0 aliphatic rings. The van der Waals surface area contributed by atoms with Crippen LogP contribution in [0.3, 0.4) is 0 Å². The first kappa shape index (κ1) is 13.3. The Hall–Kier alpha value is -2.10. The molecule has 1 heterocycles. The van der Waals surface area contributed by atoms with Gasteiger partial charge >= 0.3 is 5.97 Å². The van der Waals surface area contributed by atoms with Gasteiger partial charge in [0.2, 0.25) is 0 Å². The number of aliphatic carboxylic acids is 1. The molecule has 4 nitrogen and oxygen atoms in total. The Balaban J connectivity index is 2.62. The highest BCUT2D eigenvalue weighted by atomic mass is 16.4. The summed E-state index contributed by atoms with van der Waals surface area (Å²) >= 11 is 0. The van der Waals surface area contributed by atoms with Gasteiger partial charge < -0.3 is 9.52 Å². The van der Waals surface area contributed by atoms with Crippen LogP contribution >= 0.6 is 0 Å². The molecule has 100 valence electrons. The highest BCUT2D eigenvalue weighted by Gasteiger charge is 2.15. The number of rotatable bonds is 3. The quantitative estimate of drug-likeness (QED) is 0.920. The van der Waals surface area contributed by atoms with Crippen LogP contribution in [-0.2, 0) is 4.79 Å². The maximum atomic E-state index is 12.0. The summed E-state index contributed by atoms with van der Waals surface area (Å²) in [7, 11) is 0. The molecule has 0 fully saturated rings. The molecule has 4 heteroatoms. The molecular formula is C15H16O4. The van der Waals surface area contributed by atoms with Gasteiger partial charge in [-0.15, -0.1) is 0 Å². The second kappa shape index (κ2) is 4.88. The summed E-state index contributed by atoms with van der Waals surface area (Å²) in [5.74, 6) is -0.789. The van der Waals surface area contributed by atoms with Crippen molar-refractivity contribution in [2.45, 2.75) is 32.6 Å². The van der Waals surface area contributed by atoms with Crippen molar-refractivity contribution in [1.82, 2.24) is 0 Å². The fourth-order valence-corrected chi connectivity index (χ4v) is 1.89. The smallest absolute Gasteiger partial charge is 0.310 e. The van der Waals surface area contributed by atoms with Gasteiger partial charge in [0.1, 0.15) is 11.3 Å². The average molecular weight is 260 g/mol. The van der Waals surface area contributed by atoms with E-state index in [9.17, 15) is 9.59 Å². The van der Waals surface area contributed by atoms with Crippen LogP contribution in [0.2, 0.25) is 0 Å². The molecule has 2 aromatic rings. The molecule has 0 aliphatic carbocycles. The third kappa shape index (κ3) is 2.52. The van der Waals surface area contributed by atoms with E-state index in [1.54, 1.807) is 25.1 Å². The first-order valence-corrected chi connectivity index (χ1v) is 6.20. The second-order valence-electron chi connectivity index (χ2n) is 4.98. The van der Waals surface area contributed by atoms with Crippen molar-refractivity contribution in [3.8, 4) is 0 Å². The Bertz CT molecular complexity index is 682. The summed E-state index contributed by atoms with van der Waals surface area (Å²) in [6, 6.07) is 6.43. The van der Waals surface area contributed by atoms with Gasteiger partial charge in [-0.2, -0.15) is 0 Å². The van der Waals surface area contributed by atoms with E-state index in [-0.39, 0.29) is 11.3 Å². The molecule has 0 bridgehead atoms. The molecule has 19 heavy (non-hydrogen) atoms. The number of carboxylic acid groups (broad SMARTS) is 1. The van der Waals surface area contributed by atoms with Crippen molar-refractivity contribution in [2.24, 2.45) is 0 Å². The van der Waals surface area contributed by atoms with E-state index in [1.165, 1.54) is 6.07 Å². The maximum absolute atomic E-state index is 12.0. The zero-order valence-corrected chi connectivity index (χ0v) is 11.1. The van der Waals surface area contributed by atoms with Crippen LogP contribution in [0.25, 0.3) is 11.0 Å². The summed E-state index contributed by atoms with van der Waals surface area (Å²) in [5.41, 5.74) is 0.964. The molecule has 1 unspecified atom stereocenters. The van der Waals surface area contributed by atoms with E-state index in [4.69, 9.17) is 9.52 Å². The maximum Gasteiger partial charge on any atom is 0.310 e. The van der Waals surface area contributed by atoms with Crippen LogP contribution in [0.15, 0.2) is 33.5 Å². The van der Waals surface area contributed by atoms with Crippen LogP contribution in [-0.4, -0.2) is 11.1 Å². The first-order chi connectivity index (χ1) is 8.90. The van der Waals surface area contributed by atoms with Crippen molar-refractivity contribution < 1.29 is 14.3 Å². The van der Waals surface area contributed by atoms with Gasteiger partial charge in [-0.1, -0.05) is 19.9 Å². The molecule has 1 aromatic carbocycles. The van der Waals surface area contributed by atoms with Crippen molar-refractivity contribution in [3.63, 3.8) is 0 Å². The van der Waals surface area contributed by atoms with E-state index in [1.807, 2.05) is 13.8 Å². The molecule has 0 aliphatic heterocycles. The van der Waals surface area contributed by atoms with E-state index >= 15 is 0 Å². The molecule has 0 amide bonds. The second-order valence-corrected chi connectivity index (χ2v) is 4.98. The minimum Gasteiger partial charge on any atom is -0.481 e. The van der Waals surface area contributed by atoms with E-state index < -0.39 is 11.9 Å². The number of fused-ring (bicyclic) bond motifs is 1. The van der Waals surface area contributed by atoms with Gasteiger partial charge in [-0.3, -0.25) is 9.59 Å². The van der Waals surface area contributed by atoms with E-state index in [0.717, 1.165) is 0 Å². The number of carboxylic acids is 1. The monoisotopic (exact) mass is 260 g/mol. The SMILES string of the molecule is CC(C)c1cc(=O)c2cc(C(C)C(=O)O)ccc2o1. The Morgan fingerprint density at radius 2 is 1.89 bits per heavy atom. The summed E-state index contributed by atoms with van der Waals surface area (Å²) < 4.78 is 5.65. The minimum atomic E-state index is -0.914. The van der Waals surface area contributed by atoms with Gasteiger partial charge in [-0.05, 0) is 24.6 Å². The van der Waals surface area contributed by atoms with E-state index in [0.29, 0.717) is 22.3 Å². The normalized spacial score (nSPS) is 12.8. The van der Waals surface area contributed by atoms with Gasteiger partial charge in [0, 0.05) is 12.0 Å². The molecule has 2 rings (SSSR count). The summed E-state index contributed by atoms with van der Waals surface area (Å²) in [5, 5.41) is 9.42. The molecule has 1 N–H and O–H groups in total. The van der Waals surface area contributed by atoms with Crippen LogP contribution < -0.4 is 5.43 Å².